The minimum absolute atomic E-state index is 0.406. The minimum Gasteiger partial charge on any atom is -0.350 e. The van der Waals surface area contributed by atoms with E-state index < -0.39 is 0 Å². The van der Waals surface area contributed by atoms with E-state index in [9.17, 15) is 0 Å². The van der Waals surface area contributed by atoms with Gasteiger partial charge in [0.1, 0.15) is 5.82 Å². The highest BCUT2D eigenvalue weighted by Crippen LogP contribution is 2.45. The van der Waals surface area contributed by atoms with E-state index in [0.29, 0.717) is 6.04 Å². The summed E-state index contributed by atoms with van der Waals surface area (Å²) in [6, 6.07) is 17.3. The molecular weight excluding hydrogens is 246 g/mol. The lowest BCUT2D eigenvalue weighted by Crippen LogP contribution is -2.10. The van der Waals surface area contributed by atoms with Crippen molar-refractivity contribution in [3.63, 3.8) is 0 Å². The quantitative estimate of drug-likeness (QED) is 0.504. The molecule has 100 valence electrons. The topological polar surface area (TPSA) is 29.0 Å². The zero-order valence-corrected chi connectivity index (χ0v) is 11.6. The van der Waals surface area contributed by atoms with E-state index in [1.54, 1.807) is 0 Å². The molecule has 1 aromatic heterocycles. The average Bonchev–Trinajstić information content (AvgIpc) is 2.78. The van der Waals surface area contributed by atoms with Gasteiger partial charge in [-0.2, -0.15) is 0 Å². The first-order chi connectivity index (χ1) is 9.75. The molecule has 2 N–H and O–H groups in total. The SMILES string of the molecule is CC(C)n1c2c(c3ccccc31)Nc1ccccc1N2. The van der Waals surface area contributed by atoms with Crippen molar-refractivity contribution in [2.75, 3.05) is 10.6 Å². The van der Waals surface area contributed by atoms with Crippen LogP contribution in [0.3, 0.4) is 0 Å². The van der Waals surface area contributed by atoms with Gasteiger partial charge < -0.3 is 15.2 Å². The molecule has 0 radical (unpaired) electrons. The molecule has 0 unspecified atom stereocenters. The van der Waals surface area contributed by atoms with E-state index in [-0.39, 0.29) is 0 Å². The minimum atomic E-state index is 0.406. The van der Waals surface area contributed by atoms with Crippen LogP contribution < -0.4 is 10.6 Å². The maximum atomic E-state index is 3.58. The van der Waals surface area contributed by atoms with Crippen LogP contribution >= 0.6 is 0 Å². The number of nitrogens with one attached hydrogen (secondary N) is 2. The zero-order valence-electron chi connectivity index (χ0n) is 11.6. The molecule has 20 heavy (non-hydrogen) atoms. The molecule has 0 aliphatic carbocycles. The highest BCUT2D eigenvalue weighted by atomic mass is 15.2. The van der Waals surface area contributed by atoms with Crippen LogP contribution in [-0.2, 0) is 0 Å². The van der Waals surface area contributed by atoms with Crippen molar-refractivity contribution in [1.29, 1.82) is 0 Å². The number of rotatable bonds is 1. The normalized spacial score (nSPS) is 12.8. The zero-order chi connectivity index (χ0) is 13.7. The van der Waals surface area contributed by atoms with Gasteiger partial charge in [0.2, 0.25) is 0 Å². The van der Waals surface area contributed by atoms with Crippen LogP contribution in [0.25, 0.3) is 10.9 Å². The maximum absolute atomic E-state index is 3.58. The van der Waals surface area contributed by atoms with Crippen LogP contribution in [0.1, 0.15) is 19.9 Å². The molecule has 3 heteroatoms. The molecule has 2 heterocycles. The second-order valence-electron chi connectivity index (χ2n) is 5.50. The van der Waals surface area contributed by atoms with Gasteiger partial charge >= 0.3 is 0 Å². The summed E-state index contributed by atoms with van der Waals surface area (Å²) in [7, 11) is 0. The summed E-state index contributed by atoms with van der Waals surface area (Å²) in [6.07, 6.45) is 0. The fourth-order valence-corrected chi connectivity index (χ4v) is 3.01. The van der Waals surface area contributed by atoms with E-state index in [1.807, 2.05) is 0 Å². The Morgan fingerprint density at radius 3 is 2.25 bits per heavy atom. The third-order valence-corrected chi connectivity index (χ3v) is 3.87. The van der Waals surface area contributed by atoms with Gasteiger partial charge in [0.25, 0.3) is 0 Å². The third kappa shape index (κ3) is 1.46. The molecule has 0 atom stereocenters. The van der Waals surface area contributed by atoms with Crippen LogP contribution in [0.15, 0.2) is 48.5 Å². The van der Waals surface area contributed by atoms with Gasteiger partial charge in [-0.25, -0.2) is 0 Å². The monoisotopic (exact) mass is 263 g/mol. The Morgan fingerprint density at radius 2 is 1.50 bits per heavy atom. The van der Waals surface area contributed by atoms with Gasteiger partial charge in [-0.3, -0.25) is 0 Å². The van der Waals surface area contributed by atoms with Crippen molar-refractivity contribution in [3.8, 4) is 0 Å². The average molecular weight is 263 g/mol. The number of nitrogens with zero attached hydrogens (tertiary/aromatic N) is 1. The number of hydrogen-bond donors (Lipinski definition) is 2. The largest absolute Gasteiger partial charge is 0.350 e. The van der Waals surface area contributed by atoms with Crippen molar-refractivity contribution in [2.45, 2.75) is 19.9 Å². The molecule has 0 saturated heterocycles. The Kier molecular flexibility index (Phi) is 2.30. The first-order valence-corrected chi connectivity index (χ1v) is 7.01. The molecule has 0 amide bonds. The Bertz CT molecular complexity index is 799. The summed E-state index contributed by atoms with van der Waals surface area (Å²) in [4.78, 5) is 0. The summed E-state index contributed by atoms with van der Waals surface area (Å²) < 4.78 is 2.35. The fraction of sp³-hybridized carbons (Fsp3) is 0.176. The summed E-state index contributed by atoms with van der Waals surface area (Å²) in [5.41, 5.74) is 4.70. The Morgan fingerprint density at radius 1 is 0.850 bits per heavy atom. The predicted octanol–water partition coefficient (Wildman–Crippen LogP) is 5.02. The molecule has 3 nitrogen and oxygen atoms in total. The van der Waals surface area contributed by atoms with Crippen molar-refractivity contribution < 1.29 is 0 Å². The lowest BCUT2D eigenvalue weighted by molar-refractivity contribution is 0.630. The van der Waals surface area contributed by atoms with Crippen LogP contribution in [0.2, 0.25) is 0 Å². The molecule has 0 bridgehead atoms. The Balaban J connectivity index is 2.02. The van der Waals surface area contributed by atoms with Gasteiger partial charge in [-0.15, -0.1) is 0 Å². The fourth-order valence-electron chi connectivity index (χ4n) is 3.01. The lowest BCUT2D eigenvalue weighted by Gasteiger charge is -2.23. The van der Waals surface area contributed by atoms with Gasteiger partial charge in [0, 0.05) is 11.4 Å². The lowest BCUT2D eigenvalue weighted by atomic mass is 10.2. The molecule has 2 aromatic carbocycles. The highest BCUT2D eigenvalue weighted by Gasteiger charge is 2.23. The van der Waals surface area contributed by atoms with Gasteiger partial charge in [-0.05, 0) is 32.0 Å². The number of fused-ring (bicyclic) bond motifs is 4. The summed E-state index contributed by atoms with van der Waals surface area (Å²) >= 11 is 0. The summed E-state index contributed by atoms with van der Waals surface area (Å²) in [5, 5.41) is 8.42. The molecule has 1 aliphatic rings. The number of para-hydroxylation sites is 3. The maximum Gasteiger partial charge on any atom is 0.136 e. The molecule has 3 aromatic rings. The molecule has 1 aliphatic heterocycles. The van der Waals surface area contributed by atoms with E-state index in [4.69, 9.17) is 0 Å². The second-order valence-corrected chi connectivity index (χ2v) is 5.50. The molecule has 4 rings (SSSR count). The molecule has 0 spiro atoms. The molecule has 0 fully saturated rings. The first-order valence-electron chi connectivity index (χ1n) is 7.01. The van der Waals surface area contributed by atoms with Gasteiger partial charge in [0.15, 0.2) is 0 Å². The third-order valence-electron chi connectivity index (χ3n) is 3.87. The first kappa shape index (κ1) is 11.4. The van der Waals surface area contributed by atoms with Crippen LogP contribution in [0.5, 0.6) is 0 Å². The summed E-state index contributed by atoms with van der Waals surface area (Å²) in [5.74, 6) is 1.15. The molecule has 0 saturated carbocycles. The van der Waals surface area contributed by atoms with Crippen molar-refractivity contribution in [2.24, 2.45) is 0 Å². The highest BCUT2D eigenvalue weighted by molar-refractivity contribution is 6.06. The van der Waals surface area contributed by atoms with Crippen LogP contribution in [0, 0.1) is 0 Å². The number of benzene rings is 2. The van der Waals surface area contributed by atoms with E-state index in [2.05, 4.69) is 77.6 Å². The summed E-state index contributed by atoms with van der Waals surface area (Å²) in [6.45, 7) is 4.43. The van der Waals surface area contributed by atoms with Crippen molar-refractivity contribution in [1.82, 2.24) is 4.57 Å². The smallest absolute Gasteiger partial charge is 0.136 e. The van der Waals surface area contributed by atoms with Crippen molar-refractivity contribution >= 4 is 33.8 Å². The number of hydrogen-bond acceptors (Lipinski definition) is 2. The van der Waals surface area contributed by atoms with Crippen LogP contribution in [-0.4, -0.2) is 4.57 Å². The predicted molar refractivity (Wildman–Crippen MR) is 85.3 cm³/mol. The standard InChI is InChI=1S/C17H17N3/c1-11(2)20-15-10-6-3-7-12(15)16-17(20)19-14-9-5-4-8-13(14)18-16/h3-11,18-19H,1-2H3. The number of aromatic nitrogens is 1. The van der Waals surface area contributed by atoms with Crippen LogP contribution in [0.4, 0.5) is 22.9 Å². The molecular formula is C17H17N3. The second kappa shape index (κ2) is 4.04. The van der Waals surface area contributed by atoms with E-state index in [0.717, 1.165) is 17.2 Å². The van der Waals surface area contributed by atoms with E-state index >= 15 is 0 Å². The Hall–Kier alpha value is -2.42. The number of anilines is 4. The van der Waals surface area contributed by atoms with Gasteiger partial charge in [0.05, 0.1) is 22.6 Å². The van der Waals surface area contributed by atoms with E-state index in [1.165, 1.54) is 16.6 Å². The Labute approximate surface area is 118 Å². The van der Waals surface area contributed by atoms with Gasteiger partial charge in [-0.1, -0.05) is 30.3 Å². The van der Waals surface area contributed by atoms with Crippen molar-refractivity contribution in [3.05, 3.63) is 48.5 Å².